The molecule has 196 valence electrons. The van der Waals surface area contributed by atoms with Crippen molar-refractivity contribution in [3.63, 3.8) is 0 Å². The van der Waals surface area contributed by atoms with Crippen molar-refractivity contribution in [1.29, 1.82) is 0 Å². The number of amides is 2. The Balaban J connectivity index is 1.42. The third-order valence-electron chi connectivity index (χ3n) is 7.27. The van der Waals surface area contributed by atoms with Crippen molar-refractivity contribution in [2.75, 3.05) is 25.4 Å². The molecule has 1 aromatic carbocycles. The number of carbonyl (C=O) groups is 2. The van der Waals surface area contributed by atoms with Gasteiger partial charge in [0.15, 0.2) is 0 Å². The molecule has 1 aromatic rings. The third-order valence-corrected chi connectivity index (χ3v) is 8.83. The predicted molar refractivity (Wildman–Crippen MR) is 135 cm³/mol. The van der Waals surface area contributed by atoms with Crippen LogP contribution < -0.4 is 0 Å². The first kappa shape index (κ1) is 27.9. The van der Waals surface area contributed by atoms with Crippen LogP contribution in [0, 0.1) is 0 Å². The molecule has 3 rings (SSSR count). The number of likely N-dealkylation sites (tertiary alicyclic amines) is 1. The molecule has 0 unspecified atom stereocenters. The van der Waals surface area contributed by atoms with Gasteiger partial charge in [0.25, 0.3) is 5.91 Å². The number of rotatable bonds is 11. The summed E-state index contributed by atoms with van der Waals surface area (Å²) in [5, 5.41) is 0. The zero-order chi connectivity index (χ0) is 25.3. The molecule has 0 atom stereocenters. The molecule has 0 radical (unpaired) electrons. The second-order valence-electron chi connectivity index (χ2n) is 9.79. The van der Waals surface area contributed by atoms with Gasteiger partial charge in [-0.3, -0.25) is 9.59 Å². The van der Waals surface area contributed by atoms with E-state index in [9.17, 15) is 22.8 Å². The highest BCUT2D eigenvalue weighted by molar-refractivity contribution is 8.00. The Morgan fingerprint density at radius 1 is 0.886 bits per heavy atom. The first-order valence-corrected chi connectivity index (χ1v) is 14.2. The lowest BCUT2D eigenvalue weighted by Crippen LogP contribution is -2.53. The Bertz CT molecular complexity index is 821. The van der Waals surface area contributed by atoms with Crippen molar-refractivity contribution in [3.8, 4) is 0 Å². The molecule has 2 heterocycles. The van der Waals surface area contributed by atoms with Gasteiger partial charge in [-0.25, -0.2) is 0 Å². The molecule has 0 aliphatic carbocycles. The molecule has 0 N–H and O–H groups in total. The fraction of sp³-hybridized carbons (Fsp3) is 0.704. The SMILES string of the molecule is CCCCCCCCCCCC(=O)N1CCC2(CC1)SCCN2C(=O)c1ccc(C(F)(F)F)cc1. The largest absolute Gasteiger partial charge is 0.416 e. The highest BCUT2D eigenvalue weighted by Crippen LogP contribution is 2.44. The van der Waals surface area contributed by atoms with E-state index in [-0.39, 0.29) is 22.2 Å². The second kappa shape index (κ2) is 13.0. The molecule has 2 amide bonds. The molecule has 2 aliphatic rings. The van der Waals surface area contributed by atoms with Crippen LogP contribution in [0.25, 0.3) is 0 Å². The Kier molecular flexibility index (Phi) is 10.4. The molecular weight excluding hydrogens is 473 g/mol. The fourth-order valence-corrected chi connectivity index (χ4v) is 6.57. The Hall–Kier alpha value is -1.70. The van der Waals surface area contributed by atoms with E-state index in [1.807, 2.05) is 9.80 Å². The average molecular weight is 513 g/mol. The van der Waals surface area contributed by atoms with Gasteiger partial charge in [0, 0.05) is 37.4 Å². The molecule has 2 saturated heterocycles. The van der Waals surface area contributed by atoms with E-state index in [1.54, 1.807) is 11.8 Å². The number of hydrogen-bond donors (Lipinski definition) is 0. The molecule has 1 spiro atoms. The maximum atomic E-state index is 13.1. The van der Waals surface area contributed by atoms with Gasteiger partial charge in [-0.2, -0.15) is 13.2 Å². The van der Waals surface area contributed by atoms with Crippen LogP contribution >= 0.6 is 11.8 Å². The minimum Gasteiger partial charge on any atom is -0.342 e. The molecule has 0 aromatic heterocycles. The quantitative estimate of drug-likeness (QED) is 0.296. The summed E-state index contributed by atoms with van der Waals surface area (Å²) in [6.07, 6.45) is 8.59. The van der Waals surface area contributed by atoms with Crippen molar-refractivity contribution in [2.24, 2.45) is 0 Å². The number of benzene rings is 1. The number of nitrogens with zero attached hydrogens (tertiary/aromatic N) is 2. The summed E-state index contributed by atoms with van der Waals surface area (Å²) >= 11 is 1.74. The number of unbranched alkanes of at least 4 members (excludes halogenated alkanes) is 8. The van der Waals surface area contributed by atoms with Crippen molar-refractivity contribution in [3.05, 3.63) is 35.4 Å². The summed E-state index contributed by atoms with van der Waals surface area (Å²) in [5.74, 6) is 0.781. The van der Waals surface area contributed by atoms with Gasteiger partial charge in [0.1, 0.15) is 0 Å². The first-order chi connectivity index (χ1) is 16.8. The van der Waals surface area contributed by atoms with Crippen molar-refractivity contribution < 1.29 is 22.8 Å². The van der Waals surface area contributed by atoms with Gasteiger partial charge in [0.05, 0.1) is 10.4 Å². The minimum atomic E-state index is -4.42. The van der Waals surface area contributed by atoms with Crippen LogP contribution in [0.1, 0.15) is 99.9 Å². The summed E-state index contributed by atoms with van der Waals surface area (Å²) in [6.45, 7) is 4.06. The van der Waals surface area contributed by atoms with Gasteiger partial charge in [-0.1, -0.05) is 58.3 Å². The van der Waals surface area contributed by atoms with Crippen molar-refractivity contribution in [1.82, 2.24) is 9.80 Å². The second-order valence-corrected chi connectivity index (χ2v) is 11.2. The van der Waals surface area contributed by atoms with E-state index in [0.717, 1.165) is 30.7 Å². The lowest BCUT2D eigenvalue weighted by Gasteiger charge is -2.44. The van der Waals surface area contributed by atoms with E-state index in [1.165, 1.54) is 57.1 Å². The average Bonchev–Trinajstić information content (AvgIpc) is 3.25. The van der Waals surface area contributed by atoms with Gasteiger partial charge in [0.2, 0.25) is 5.91 Å². The predicted octanol–water partition coefficient (Wildman–Crippen LogP) is 7.13. The molecule has 2 fully saturated rings. The molecule has 4 nitrogen and oxygen atoms in total. The highest BCUT2D eigenvalue weighted by Gasteiger charge is 2.47. The molecule has 2 aliphatic heterocycles. The topological polar surface area (TPSA) is 40.6 Å². The fourth-order valence-electron chi connectivity index (χ4n) is 5.12. The number of alkyl halides is 3. The number of piperidine rings is 1. The number of carbonyl (C=O) groups excluding carboxylic acids is 2. The Morgan fingerprint density at radius 2 is 1.46 bits per heavy atom. The number of halogens is 3. The summed E-state index contributed by atoms with van der Waals surface area (Å²) < 4.78 is 38.6. The molecule has 0 bridgehead atoms. The number of hydrogen-bond acceptors (Lipinski definition) is 3. The summed E-state index contributed by atoms with van der Waals surface area (Å²) in [7, 11) is 0. The van der Waals surface area contributed by atoms with Crippen molar-refractivity contribution >= 4 is 23.6 Å². The van der Waals surface area contributed by atoms with Crippen LogP contribution in [0.4, 0.5) is 13.2 Å². The van der Waals surface area contributed by atoms with Crippen LogP contribution in [0.15, 0.2) is 24.3 Å². The summed E-state index contributed by atoms with van der Waals surface area (Å²) in [5.41, 5.74) is -0.470. The van der Waals surface area contributed by atoms with E-state index in [2.05, 4.69) is 6.92 Å². The zero-order valence-corrected chi connectivity index (χ0v) is 21.7. The Labute approximate surface area is 212 Å². The lowest BCUT2D eigenvalue weighted by molar-refractivity contribution is -0.137. The van der Waals surface area contributed by atoms with Crippen LogP contribution in [0.2, 0.25) is 0 Å². The maximum absolute atomic E-state index is 13.1. The normalized spacial score (nSPS) is 17.8. The molecule has 8 heteroatoms. The summed E-state index contributed by atoms with van der Waals surface area (Å²) in [4.78, 5) is 29.2. The van der Waals surface area contributed by atoms with E-state index in [0.29, 0.717) is 38.9 Å². The van der Waals surface area contributed by atoms with Gasteiger partial charge in [-0.05, 0) is 43.5 Å². The molecule has 35 heavy (non-hydrogen) atoms. The van der Waals surface area contributed by atoms with Gasteiger partial charge < -0.3 is 9.80 Å². The number of thioether (sulfide) groups is 1. The minimum absolute atomic E-state index is 0.200. The van der Waals surface area contributed by atoms with Crippen LogP contribution in [-0.4, -0.2) is 51.9 Å². The van der Waals surface area contributed by atoms with Crippen LogP contribution in [0.5, 0.6) is 0 Å². The Morgan fingerprint density at radius 3 is 2.03 bits per heavy atom. The van der Waals surface area contributed by atoms with Crippen molar-refractivity contribution in [2.45, 2.75) is 95.0 Å². The smallest absolute Gasteiger partial charge is 0.342 e. The molecule has 0 saturated carbocycles. The monoisotopic (exact) mass is 512 g/mol. The summed E-state index contributed by atoms with van der Waals surface area (Å²) in [6, 6.07) is 4.48. The zero-order valence-electron chi connectivity index (χ0n) is 20.9. The third kappa shape index (κ3) is 7.64. The van der Waals surface area contributed by atoms with E-state index in [4.69, 9.17) is 0 Å². The standard InChI is InChI=1S/C27H39F3N2O2S/c1-2-3-4-5-6-7-8-9-10-11-24(33)31-18-16-26(17-19-31)32(20-21-35-26)25(34)22-12-14-23(15-13-22)27(28,29)30/h12-15H,2-11,16-21H2,1H3. The first-order valence-electron chi connectivity index (χ1n) is 13.2. The van der Waals surface area contributed by atoms with E-state index >= 15 is 0 Å². The maximum Gasteiger partial charge on any atom is 0.416 e. The van der Waals surface area contributed by atoms with Crippen LogP contribution in [-0.2, 0) is 11.0 Å². The van der Waals surface area contributed by atoms with Gasteiger partial charge >= 0.3 is 6.18 Å². The van der Waals surface area contributed by atoms with E-state index < -0.39 is 11.7 Å². The van der Waals surface area contributed by atoms with Gasteiger partial charge in [-0.15, -0.1) is 11.8 Å². The highest BCUT2D eigenvalue weighted by atomic mass is 32.2. The molecular formula is C27H39F3N2O2S. The lowest BCUT2D eigenvalue weighted by atomic mass is 10.00. The van der Waals surface area contributed by atoms with Crippen LogP contribution in [0.3, 0.4) is 0 Å².